The van der Waals surface area contributed by atoms with Gasteiger partial charge in [-0.15, -0.1) is 0 Å². The average molecular weight is 575 g/mol. The maximum atomic E-state index is 11.8. The van der Waals surface area contributed by atoms with E-state index in [1.807, 2.05) is 23.8 Å². The highest BCUT2D eigenvalue weighted by Crippen LogP contribution is 2.28. The summed E-state index contributed by atoms with van der Waals surface area (Å²) in [6, 6.07) is 8.46. The highest BCUT2D eigenvalue weighted by Gasteiger charge is 2.27. The lowest BCUT2D eigenvalue weighted by atomic mass is 9.96. The Hall–Kier alpha value is -3.44. The van der Waals surface area contributed by atoms with Crippen LogP contribution in [0.1, 0.15) is 47.6 Å². The Morgan fingerprint density at radius 2 is 1.68 bits per heavy atom. The van der Waals surface area contributed by atoms with Gasteiger partial charge in [0.1, 0.15) is 21.5 Å². The molecule has 0 radical (unpaired) electrons. The topological polar surface area (TPSA) is 109 Å². The van der Waals surface area contributed by atoms with Crippen LogP contribution in [0.5, 0.6) is 0 Å². The monoisotopic (exact) mass is 574 g/mol. The van der Waals surface area contributed by atoms with Crippen LogP contribution in [0.25, 0.3) is 17.0 Å². The van der Waals surface area contributed by atoms with Crippen LogP contribution in [0.3, 0.4) is 0 Å². The quantitative estimate of drug-likeness (QED) is 0.327. The van der Waals surface area contributed by atoms with Crippen LogP contribution in [0.15, 0.2) is 36.7 Å². The van der Waals surface area contributed by atoms with Gasteiger partial charge in [0.05, 0.1) is 23.3 Å². The van der Waals surface area contributed by atoms with Crippen LogP contribution in [0.4, 0.5) is 5.82 Å². The van der Waals surface area contributed by atoms with Crippen molar-refractivity contribution < 1.29 is 8.42 Å². The summed E-state index contributed by atoms with van der Waals surface area (Å²) in [7, 11) is -2.94. The molecule has 216 valence electrons. The first-order chi connectivity index (χ1) is 19.6. The number of sulfone groups is 1. The molecule has 0 saturated carbocycles. The summed E-state index contributed by atoms with van der Waals surface area (Å²) in [5, 5.41) is 4.32. The minimum Gasteiger partial charge on any atom is -0.355 e. The van der Waals surface area contributed by atoms with Gasteiger partial charge in [-0.2, -0.15) is 10.1 Å². The van der Waals surface area contributed by atoms with Gasteiger partial charge < -0.3 is 4.90 Å². The van der Waals surface area contributed by atoms with Crippen molar-refractivity contribution in [2.75, 3.05) is 37.3 Å². The molecule has 11 heteroatoms. The SMILES string of the molecule is Cc1nc2nc(C)c(C[C@@H]3CCN(c4cnc(-c5ccc(CN6CCC(S(C)(=O)=O)CC6)cc5)cn4)C3)c(C)n2n1. The number of rotatable bonds is 7. The van der Waals surface area contributed by atoms with E-state index in [1.54, 1.807) is 0 Å². The summed E-state index contributed by atoms with van der Waals surface area (Å²) in [6.07, 6.45) is 8.60. The summed E-state index contributed by atoms with van der Waals surface area (Å²) in [5.41, 5.74) is 6.54. The fourth-order valence-corrected chi connectivity index (χ4v) is 7.34. The first-order valence-corrected chi connectivity index (χ1v) is 16.4. The molecule has 2 aliphatic heterocycles. The molecular weight excluding hydrogens is 536 g/mol. The van der Waals surface area contributed by atoms with Gasteiger partial charge in [-0.3, -0.25) is 9.88 Å². The fraction of sp³-hybridized carbons (Fsp3) is 0.500. The maximum Gasteiger partial charge on any atom is 0.252 e. The lowest BCUT2D eigenvalue weighted by molar-refractivity contribution is 0.222. The molecule has 2 saturated heterocycles. The van der Waals surface area contributed by atoms with Crippen LogP contribution >= 0.6 is 0 Å². The summed E-state index contributed by atoms with van der Waals surface area (Å²) in [5.74, 6) is 2.85. The van der Waals surface area contributed by atoms with Crippen LogP contribution in [0.2, 0.25) is 0 Å². The van der Waals surface area contributed by atoms with Crippen molar-refractivity contribution >= 4 is 21.4 Å². The van der Waals surface area contributed by atoms with E-state index in [4.69, 9.17) is 15.0 Å². The third-order valence-corrected chi connectivity index (χ3v) is 10.4. The van der Waals surface area contributed by atoms with E-state index in [0.29, 0.717) is 24.5 Å². The Kier molecular flexibility index (Phi) is 7.50. The molecule has 3 aromatic heterocycles. The first-order valence-electron chi connectivity index (χ1n) is 14.4. The molecule has 41 heavy (non-hydrogen) atoms. The molecule has 2 fully saturated rings. The van der Waals surface area contributed by atoms with E-state index in [9.17, 15) is 8.42 Å². The number of aryl methyl sites for hydroxylation is 3. The molecule has 0 N–H and O–H groups in total. The third-order valence-electron chi connectivity index (χ3n) is 8.69. The van der Waals surface area contributed by atoms with Crippen molar-refractivity contribution in [2.24, 2.45) is 5.92 Å². The van der Waals surface area contributed by atoms with Crippen molar-refractivity contribution in [3.63, 3.8) is 0 Å². The molecule has 1 atom stereocenters. The number of piperidine rings is 1. The molecule has 0 unspecified atom stereocenters. The summed E-state index contributed by atoms with van der Waals surface area (Å²) >= 11 is 0. The zero-order chi connectivity index (χ0) is 28.7. The lowest BCUT2D eigenvalue weighted by Gasteiger charge is -2.31. The molecule has 5 heterocycles. The van der Waals surface area contributed by atoms with Crippen LogP contribution in [-0.4, -0.2) is 80.6 Å². The molecule has 0 bridgehead atoms. The number of hydrogen-bond donors (Lipinski definition) is 0. The molecule has 1 aromatic carbocycles. The molecule has 2 aliphatic rings. The molecular formula is C30H38N8O2S. The summed E-state index contributed by atoms with van der Waals surface area (Å²) in [4.78, 5) is 23.3. The number of nitrogens with zero attached hydrogens (tertiary/aromatic N) is 8. The molecule has 0 aliphatic carbocycles. The smallest absolute Gasteiger partial charge is 0.252 e. The van der Waals surface area contributed by atoms with Crippen molar-refractivity contribution in [3.8, 4) is 11.3 Å². The molecule has 0 spiro atoms. The zero-order valence-electron chi connectivity index (χ0n) is 24.3. The Morgan fingerprint density at radius 1 is 0.927 bits per heavy atom. The zero-order valence-corrected chi connectivity index (χ0v) is 25.1. The Balaban J connectivity index is 1.05. The van der Waals surface area contributed by atoms with Gasteiger partial charge in [0, 0.05) is 42.8 Å². The molecule has 6 rings (SSSR count). The number of benzene rings is 1. The minimum absolute atomic E-state index is 0.195. The highest BCUT2D eigenvalue weighted by molar-refractivity contribution is 7.91. The van der Waals surface area contributed by atoms with E-state index >= 15 is 0 Å². The lowest BCUT2D eigenvalue weighted by Crippen LogP contribution is -2.38. The van der Waals surface area contributed by atoms with Crippen LogP contribution < -0.4 is 4.90 Å². The number of fused-ring (bicyclic) bond motifs is 1. The van der Waals surface area contributed by atoms with Gasteiger partial charge in [-0.1, -0.05) is 24.3 Å². The van der Waals surface area contributed by atoms with Crippen LogP contribution in [-0.2, 0) is 22.8 Å². The Labute approximate surface area is 241 Å². The molecule has 10 nitrogen and oxygen atoms in total. The van der Waals surface area contributed by atoms with E-state index in [1.165, 1.54) is 17.4 Å². The Morgan fingerprint density at radius 3 is 2.37 bits per heavy atom. The summed E-state index contributed by atoms with van der Waals surface area (Å²) in [6.45, 7) is 10.4. The average Bonchev–Trinajstić information content (AvgIpc) is 3.57. The highest BCUT2D eigenvalue weighted by atomic mass is 32.2. The normalized spacial score (nSPS) is 18.9. The second kappa shape index (κ2) is 11.1. The van der Waals surface area contributed by atoms with E-state index < -0.39 is 9.84 Å². The van der Waals surface area contributed by atoms with Crippen molar-refractivity contribution in [1.82, 2.24) is 34.4 Å². The van der Waals surface area contributed by atoms with E-state index in [-0.39, 0.29) is 5.25 Å². The number of likely N-dealkylation sites (tertiary alicyclic amines) is 1. The summed E-state index contributed by atoms with van der Waals surface area (Å²) < 4.78 is 25.5. The fourth-order valence-electron chi connectivity index (χ4n) is 6.27. The number of aromatic nitrogens is 6. The van der Waals surface area contributed by atoms with E-state index in [2.05, 4.69) is 58.0 Å². The van der Waals surface area contributed by atoms with Gasteiger partial charge in [0.15, 0.2) is 0 Å². The first kappa shape index (κ1) is 27.7. The van der Waals surface area contributed by atoms with Crippen LogP contribution in [0, 0.1) is 26.7 Å². The molecule has 4 aromatic rings. The number of hydrogen-bond acceptors (Lipinski definition) is 9. The standard InChI is InChI=1S/C30H38N8O2S/c1-20-27(21(2)38-30(33-20)34-22(3)35-38)15-24-9-14-37(19-24)29-17-31-28(16-32-29)25-7-5-23(6-8-25)18-36-12-10-26(11-13-36)41(4,39)40/h5-8,16-17,24,26H,9-15,18-19H2,1-4H3/t24-/m0/s1. The Bertz CT molecular complexity index is 1640. The van der Waals surface area contributed by atoms with Gasteiger partial charge >= 0.3 is 0 Å². The molecule has 0 amide bonds. The van der Waals surface area contributed by atoms with Crippen molar-refractivity contribution in [1.29, 1.82) is 0 Å². The van der Waals surface area contributed by atoms with Gasteiger partial charge in [-0.25, -0.2) is 22.9 Å². The van der Waals surface area contributed by atoms with Gasteiger partial charge in [0.2, 0.25) is 0 Å². The van der Waals surface area contributed by atoms with Gasteiger partial charge in [0.25, 0.3) is 5.78 Å². The minimum atomic E-state index is -2.94. The predicted molar refractivity (Wildman–Crippen MR) is 160 cm³/mol. The second-order valence-electron chi connectivity index (χ2n) is 11.7. The number of anilines is 1. The maximum absolute atomic E-state index is 11.8. The predicted octanol–water partition coefficient (Wildman–Crippen LogP) is 3.58. The second-order valence-corrected chi connectivity index (χ2v) is 14.0. The largest absolute Gasteiger partial charge is 0.355 e. The van der Waals surface area contributed by atoms with Crippen molar-refractivity contribution in [3.05, 3.63) is 65.0 Å². The van der Waals surface area contributed by atoms with Crippen molar-refractivity contribution in [2.45, 2.75) is 58.2 Å². The third kappa shape index (κ3) is 5.97. The van der Waals surface area contributed by atoms with Gasteiger partial charge in [-0.05, 0) is 76.6 Å². The van der Waals surface area contributed by atoms with E-state index in [0.717, 1.165) is 79.9 Å².